The number of methoxy groups -OCH3 is 1. The Kier molecular flexibility index (Phi) is 9.34. The fourth-order valence-electron chi connectivity index (χ4n) is 2.26. The predicted molar refractivity (Wildman–Crippen MR) is 83.7 cm³/mol. The summed E-state index contributed by atoms with van der Waals surface area (Å²) in [6.07, 6.45) is 1.83. The van der Waals surface area contributed by atoms with Crippen LogP contribution >= 0.6 is 0 Å². The molecule has 0 saturated carbocycles. The first-order valence-electron chi connectivity index (χ1n) is 7.69. The van der Waals surface area contributed by atoms with E-state index in [-0.39, 0.29) is 6.42 Å². The fraction of sp³-hybridized carbons (Fsp3) is 0.929. The van der Waals surface area contributed by atoms with E-state index in [9.17, 15) is 26.4 Å². The van der Waals surface area contributed by atoms with E-state index in [1.165, 1.54) is 32.6 Å². The van der Waals surface area contributed by atoms with Gasteiger partial charge in [0, 0.05) is 0 Å². The van der Waals surface area contributed by atoms with Crippen LogP contribution in [0.15, 0.2) is 0 Å². The Morgan fingerprint density at radius 1 is 1.16 bits per heavy atom. The molecule has 0 radical (unpaired) electrons. The highest BCUT2D eigenvalue weighted by Crippen LogP contribution is 2.41. The average molecular weight is 393 g/mol. The number of carbonyl (C=O) groups excluding carboxylic acids is 1. The highest BCUT2D eigenvalue weighted by Gasteiger charge is 2.56. The van der Waals surface area contributed by atoms with E-state index in [0.29, 0.717) is 12.2 Å². The molecule has 11 heteroatoms. The molecule has 2 saturated heterocycles. The van der Waals surface area contributed by atoms with Crippen molar-refractivity contribution in [3.63, 3.8) is 0 Å². The van der Waals surface area contributed by atoms with Crippen LogP contribution in [0.1, 0.15) is 46.0 Å². The number of halogens is 3. The van der Waals surface area contributed by atoms with E-state index in [4.69, 9.17) is 4.74 Å². The number of carbonyl (C=O) groups is 1. The van der Waals surface area contributed by atoms with E-state index >= 15 is 0 Å². The minimum absolute atomic E-state index is 0.316. The molecule has 2 rings (SSSR count). The molecule has 2 bridgehead atoms. The minimum atomic E-state index is -4.55. The third kappa shape index (κ3) is 7.89. The number of nitrogens with two attached hydrogens (primary N) is 1. The van der Waals surface area contributed by atoms with E-state index in [1.807, 2.05) is 0 Å². The van der Waals surface area contributed by atoms with E-state index < -0.39 is 27.9 Å². The first-order chi connectivity index (χ1) is 11.3. The fourth-order valence-corrected chi connectivity index (χ4v) is 2.26. The van der Waals surface area contributed by atoms with Crippen molar-refractivity contribution >= 4 is 16.3 Å². The summed E-state index contributed by atoms with van der Waals surface area (Å²) in [5.41, 5.74) is -2.37. The second-order valence-corrected chi connectivity index (χ2v) is 7.19. The number of alkyl halides is 3. The van der Waals surface area contributed by atoms with Crippen LogP contribution in [0.2, 0.25) is 0 Å². The van der Waals surface area contributed by atoms with Gasteiger partial charge in [-0.2, -0.15) is 21.6 Å². The second-order valence-electron chi connectivity index (χ2n) is 5.87. The Balaban J connectivity index is 0.000000373. The van der Waals surface area contributed by atoms with Gasteiger partial charge in [-0.05, 0) is 39.0 Å². The number of fused-ring (bicyclic) bond motifs is 2. The molecule has 2 fully saturated rings. The summed E-state index contributed by atoms with van der Waals surface area (Å²) in [6, 6.07) is 0. The maximum atomic E-state index is 12.2. The molecule has 25 heavy (non-hydrogen) atoms. The van der Waals surface area contributed by atoms with Crippen molar-refractivity contribution in [1.82, 2.24) is 0 Å². The molecule has 2 aliphatic rings. The monoisotopic (exact) mass is 393 g/mol. The van der Waals surface area contributed by atoms with Crippen LogP contribution in [0, 0.1) is 5.41 Å². The first kappa shape index (κ1) is 24.1. The van der Waals surface area contributed by atoms with Crippen molar-refractivity contribution in [2.45, 2.75) is 64.3 Å². The molecule has 1 atom stereocenters. The van der Waals surface area contributed by atoms with Crippen LogP contribution < -0.4 is 5.14 Å². The van der Waals surface area contributed by atoms with E-state index in [1.54, 1.807) is 0 Å². The zero-order chi connectivity index (χ0) is 19.9. The number of hydrogen-bond acceptors (Lipinski definition) is 6. The highest BCUT2D eigenvalue weighted by molar-refractivity contribution is 7.84. The van der Waals surface area contributed by atoms with Crippen LogP contribution in [0.3, 0.4) is 0 Å². The summed E-state index contributed by atoms with van der Waals surface area (Å²) in [7, 11) is -1.72. The quantitative estimate of drug-likeness (QED) is 0.738. The first-order valence-corrected chi connectivity index (χ1v) is 9.16. The molecular formula is C14H26F3NO6S. The maximum absolute atomic E-state index is 12.2. The van der Waals surface area contributed by atoms with Crippen LogP contribution in [-0.4, -0.2) is 47.0 Å². The summed E-state index contributed by atoms with van der Waals surface area (Å²) in [4.78, 5) is 10.8. The van der Waals surface area contributed by atoms with Crippen LogP contribution in [0.25, 0.3) is 0 Å². The predicted octanol–water partition coefficient (Wildman–Crippen LogP) is 2.30. The van der Waals surface area contributed by atoms with Crippen LogP contribution in [0.4, 0.5) is 13.2 Å². The van der Waals surface area contributed by atoms with Gasteiger partial charge in [0.1, 0.15) is 0 Å². The third-order valence-corrected chi connectivity index (χ3v) is 4.67. The van der Waals surface area contributed by atoms with Gasteiger partial charge in [0.25, 0.3) is 0 Å². The molecular weight excluding hydrogens is 367 g/mol. The van der Waals surface area contributed by atoms with Gasteiger partial charge in [0.05, 0.1) is 26.4 Å². The topological polar surface area (TPSA) is 105 Å². The van der Waals surface area contributed by atoms with Gasteiger partial charge in [0.2, 0.25) is 0 Å². The molecule has 2 N–H and O–H groups in total. The molecule has 0 aromatic rings. The lowest BCUT2D eigenvalue weighted by molar-refractivity contribution is -0.229. The summed E-state index contributed by atoms with van der Waals surface area (Å²) in [6.45, 7) is 2.13. The Labute approximate surface area is 146 Å². The Morgan fingerprint density at radius 2 is 1.52 bits per heavy atom. The van der Waals surface area contributed by atoms with Crippen molar-refractivity contribution in [3.8, 4) is 0 Å². The standard InChI is InChI=1S/C7H11F3O2.C6H10O.CH5NO3S/c1-4-6(2,5(11)12-3)7(8,9)10;1-2-6-4-3-5(1)7-6;1-5-6(2,3)4/h4H2,1-3H3;5-6H,1-4H2;1H3,(H2,2,3,4). The van der Waals surface area contributed by atoms with Gasteiger partial charge < -0.3 is 9.47 Å². The highest BCUT2D eigenvalue weighted by atomic mass is 32.2. The lowest BCUT2D eigenvalue weighted by Gasteiger charge is -2.27. The van der Waals surface area contributed by atoms with Gasteiger partial charge in [-0.15, -0.1) is 0 Å². The normalized spacial score (nSPS) is 24.3. The lowest BCUT2D eigenvalue weighted by atomic mass is 9.87. The molecule has 0 spiro atoms. The lowest BCUT2D eigenvalue weighted by Crippen LogP contribution is -2.42. The third-order valence-electron chi connectivity index (χ3n) is 4.21. The molecule has 0 aromatic carbocycles. The smallest absolute Gasteiger partial charge is 0.404 e. The number of rotatable bonds is 3. The van der Waals surface area contributed by atoms with E-state index in [0.717, 1.165) is 21.1 Å². The summed E-state index contributed by atoms with van der Waals surface area (Å²) in [5.74, 6) is -1.24. The largest absolute Gasteiger partial charge is 0.468 e. The van der Waals surface area contributed by atoms with E-state index in [2.05, 4.69) is 14.1 Å². The molecule has 7 nitrogen and oxygen atoms in total. The van der Waals surface area contributed by atoms with Gasteiger partial charge >= 0.3 is 22.4 Å². The Morgan fingerprint density at radius 3 is 1.60 bits per heavy atom. The minimum Gasteiger partial charge on any atom is -0.468 e. The molecule has 1 unspecified atom stereocenters. The van der Waals surface area contributed by atoms with Crippen molar-refractivity contribution < 1.29 is 40.0 Å². The summed E-state index contributed by atoms with van der Waals surface area (Å²) < 4.78 is 69.1. The van der Waals surface area contributed by atoms with Crippen molar-refractivity contribution in [2.24, 2.45) is 10.6 Å². The number of hydrogen-bond donors (Lipinski definition) is 1. The van der Waals surface area contributed by atoms with Crippen LogP contribution in [0.5, 0.6) is 0 Å². The Hall–Kier alpha value is -0.910. The van der Waals surface area contributed by atoms with Crippen molar-refractivity contribution in [3.05, 3.63) is 0 Å². The number of ether oxygens (including phenoxy) is 2. The van der Waals surface area contributed by atoms with Gasteiger partial charge in [-0.3, -0.25) is 8.98 Å². The molecule has 2 aliphatic heterocycles. The van der Waals surface area contributed by atoms with Gasteiger partial charge in [0.15, 0.2) is 5.41 Å². The second kappa shape index (κ2) is 9.70. The molecule has 2 heterocycles. The molecule has 0 amide bonds. The van der Waals surface area contributed by atoms with Crippen molar-refractivity contribution in [2.75, 3.05) is 14.2 Å². The zero-order valence-electron chi connectivity index (χ0n) is 14.8. The summed E-state index contributed by atoms with van der Waals surface area (Å²) in [5, 5.41) is 4.28. The zero-order valence-corrected chi connectivity index (χ0v) is 15.6. The molecule has 0 aliphatic carbocycles. The SMILES string of the molecule is C1CC2CCC1O2.CCC(C)(C(=O)OC)C(F)(F)F.COS(N)(=O)=O. The van der Waals surface area contributed by atoms with Crippen molar-refractivity contribution in [1.29, 1.82) is 0 Å². The Bertz CT molecular complexity index is 507. The molecule has 150 valence electrons. The van der Waals surface area contributed by atoms with Crippen LogP contribution in [-0.2, 0) is 28.8 Å². The van der Waals surface area contributed by atoms with Gasteiger partial charge in [-0.1, -0.05) is 6.92 Å². The molecule has 0 aromatic heterocycles. The average Bonchev–Trinajstić information content (AvgIpc) is 3.18. The van der Waals surface area contributed by atoms with Gasteiger partial charge in [-0.25, -0.2) is 5.14 Å². The summed E-state index contributed by atoms with van der Waals surface area (Å²) >= 11 is 0. The number of esters is 1. The maximum Gasteiger partial charge on any atom is 0.404 e.